The third kappa shape index (κ3) is 9.57. The summed E-state index contributed by atoms with van der Waals surface area (Å²) in [6.07, 6.45) is 9.74. The first-order chi connectivity index (χ1) is 8.07. The molecule has 0 aliphatic rings. The SMILES string of the molecule is C=CCC=CCCCN(C)CCC(=C)C(=O)O. The Morgan fingerprint density at radius 2 is 2.06 bits per heavy atom. The summed E-state index contributed by atoms with van der Waals surface area (Å²) in [6.45, 7) is 8.88. The predicted molar refractivity (Wildman–Crippen MR) is 72.1 cm³/mol. The molecule has 0 aromatic heterocycles. The second-order valence-electron chi connectivity index (χ2n) is 4.10. The Morgan fingerprint density at radius 3 is 2.65 bits per heavy atom. The van der Waals surface area contributed by atoms with Crippen LogP contribution in [-0.2, 0) is 4.79 Å². The molecule has 0 saturated carbocycles. The van der Waals surface area contributed by atoms with E-state index in [2.05, 4.69) is 30.2 Å². The topological polar surface area (TPSA) is 40.5 Å². The van der Waals surface area contributed by atoms with Crippen molar-refractivity contribution in [2.45, 2.75) is 25.7 Å². The Kier molecular flexibility index (Phi) is 9.06. The lowest BCUT2D eigenvalue weighted by Gasteiger charge is -2.15. The smallest absolute Gasteiger partial charge is 0.331 e. The quantitative estimate of drug-likeness (QED) is 0.361. The van der Waals surface area contributed by atoms with Crippen LogP contribution in [0.4, 0.5) is 0 Å². The number of hydrogen-bond donors (Lipinski definition) is 1. The molecule has 1 N–H and O–H groups in total. The van der Waals surface area contributed by atoms with E-state index in [-0.39, 0.29) is 5.57 Å². The summed E-state index contributed by atoms with van der Waals surface area (Å²) in [7, 11) is 2.00. The van der Waals surface area contributed by atoms with Crippen LogP contribution >= 0.6 is 0 Å². The van der Waals surface area contributed by atoms with Gasteiger partial charge in [0.25, 0.3) is 0 Å². The molecule has 0 radical (unpaired) electrons. The first kappa shape index (κ1) is 15.7. The lowest BCUT2D eigenvalue weighted by Crippen LogP contribution is -2.22. The monoisotopic (exact) mass is 237 g/mol. The van der Waals surface area contributed by atoms with Gasteiger partial charge < -0.3 is 10.0 Å². The largest absolute Gasteiger partial charge is 0.478 e. The number of carbonyl (C=O) groups is 1. The summed E-state index contributed by atoms with van der Waals surface area (Å²) in [5.74, 6) is -0.897. The third-order valence-corrected chi connectivity index (χ3v) is 2.48. The Hall–Kier alpha value is -1.35. The highest BCUT2D eigenvalue weighted by Gasteiger charge is 2.05. The first-order valence-corrected chi connectivity index (χ1v) is 5.93. The highest BCUT2D eigenvalue weighted by atomic mass is 16.4. The minimum atomic E-state index is -0.897. The van der Waals surface area contributed by atoms with Crippen molar-refractivity contribution in [2.24, 2.45) is 0 Å². The third-order valence-electron chi connectivity index (χ3n) is 2.48. The van der Waals surface area contributed by atoms with E-state index >= 15 is 0 Å². The molecule has 17 heavy (non-hydrogen) atoms. The Bertz CT molecular complexity index is 282. The first-order valence-electron chi connectivity index (χ1n) is 5.93. The number of aliphatic carboxylic acids is 1. The normalized spacial score (nSPS) is 10.9. The molecule has 0 aromatic rings. The van der Waals surface area contributed by atoms with Crippen LogP contribution in [0.2, 0.25) is 0 Å². The number of hydrogen-bond acceptors (Lipinski definition) is 2. The van der Waals surface area contributed by atoms with E-state index in [4.69, 9.17) is 5.11 Å². The zero-order valence-electron chi connectivity index (χ0n) is 10.7. The maximum Gasteiger partial charge on any atom is 0.331 e. The van der Waals surface area contributed by atoms with Gasteiger partial charge in [0.1, 0.15) is 0 Å². The molecule has 0 aromatic carbocycles. The number of nitrogens with zero attached hydrogens (tertiary/aromatic N) is 1. The van der Waals surface area contributed by atoms with Gasteiger partial charge in [-0.3, -0.25) is 0 Å². The molecule has 3 heteroatoms. The maximum absolute atomic E-state index is 10.5. The molecule has 0 heterocycles. The highest BCUT2D eigenvalue weighted by molar-refractivity contribution is 5.85. The van der Waals surface area contributed by atoms with Crippen LogP contribution in [0, 0.1) is 0 Å². The van der Waals surface area contributed by atoms with Crippen LogP contribution < -0.4 is 0 Å². The Balaban J connectivity index is 3.53. The van der Waals surface area contributed by atoms with Crippen LogP contribution in [-0.4, -0.2) is 36.1 Å². The molecule has 96 valence electrons. The summed E-state index contributed by atoms with van der Waals surface area (Å²) < 4.78 is 0. The van der Waals surface area contributed by atoms with Crippen molar-refractivity contribution in [1.82, 2.24) is 4.90 Å². The van der Waals surface area contributed by atoms with Crippen LogP contribution in [0.3, 0.4) is 0 Å². The van der Waals surface area contributed by atoms with Gasteiger partial charge in [0.2, 0.25) is 0 Å². The van der Waals surface area contributed by atoms with Gasteiger partial charge in [-0.05, 0) is 39.3 Å². The molecule has 0 unspecified atom stereocenters. The molecule has 0 spiro atoms. The van der Waals surface area contributed by atoms with E-state index in [0.717, 1.165) is 32.4 Å². The zero-order valence-corrected chi connectivity index (χ0v) is 10.7. The average molecular weight is 237 g/mol. The number of unbranched alkanes of at least 4 members (excludes halogenated alkanes) is 1. The fourth-order valence-corrected chi connectivity index (χ4v) is 1.33. The maximum atomic E-state index is 10.5. The number of carboxylic acids is 1. The summed E-state index contributed by atoms with van der Waals surface area (Å²) in [4.78, 5) is 12.7. The molecule has 0 saturated heterocycles. The second kappa shape index (κ2) is 9.85. The van der Waals surface area contributed by atoms with Gasteiger partial charge >= 0.3 is 5.97 Å². The van der Waals surface area contributed by atoms with Crippen LogP contribution in [0.1, 0.15) is 25.7 Å². The predicted octanol–water partition coefficient (Wildman–Crippen LogP) is 2.86. The van der Waals surface area contributed by atoms with Crippen molar-refractivity contribution in [3.05, 3.63) is 37.0 Å². The number of allylic oxidation sites excluding steroid dienone is 3. The van der Waals surface area contributed by atoms with Crippen LogP contribution in [0.15, 0.2) is 37.0 Å². The lowest BCUT2D eigenvalue weighted by molar-refractivity contribution is -0.132. The zero-order chi connectivity index (χ0) is 13.1. The average Bonchev–Trinajstić information content (AvgIpc) is 2.30. The minimum Gasteiger partial charge on any atom is -0.478 e. The molecule has 0 fully saturated rings. The molecule has 0 bridgehead atoms. The molecule has 0 atom stereocenters. The molecule has 0 amide bonds. The van der Waals surface area contributed by atoms with Crippen molar-refractivity contribution in [3.63, 3.8) is 0 Å². The molecule has 3 nitrogen and oxygen atoms in total. The van der Waals surface area contributed by atoms with E-state index in [1.807, 2.05) is 13.1 Å². The van der Waals surface area contributed by atoms with E-state index in [0.29, 0.717) is 6.42 Å². The molecule has 0 rings (SSSR count). The molecular formula is C14H23NO2. The molecular weight excluding hydrogens is 214 g/mol. The standard InChI is InChI=1S/C14H23NO2/c1-4-5-6-7-8-9-11-15(3)12-10-13(2)14(16)17/h4,6-7H,1-2,5,8-12H2,3H3,(H,16,17). The lowest BCUT2D eigenvalue weighted by atomic mass is 10.2. The second-order valence-corrected chi connectivity index (χ2v) is 4.10. The number of carboxylic acid groups (broad SMARTS) is 1. The highest BCUT2D eigenvalue weighted by Crippen LogP contribution is 2.01. The van der Waals surface area contributed by atoms with Crippen molar-refractivity contribution < 1.29 is 9.90 Å². The van der Waals surface area contributed by atoms with E-state index in [9.17, 15) is 4.79 Å². The number of rotatable bonds is 10. The Labute approximate surface area is 104 Å². The minimum absolute atomic E-state index is 0.280. The van der Waals surface area contributed by atoms with Crippen molar-refractivity contribution >= 4 is 5.97 Å². The van der Waals surface area contributed by atoms with Crippen LogP contribution in [0.25, 0.3) is 0 Å². The summed E-state index contributed by atoms with van der Waals surface area (Å²) in [6, 6.07) is 0. The molecule has 0 aliphatic carbocycles. The summed E-state index contributed by atoms with van der Waals surface area (Å²) in [5.41, 5.74) is 0.280. The van der Waals surface area contributed by atoms with E-state index < -0.39 is 5.97 Å². The van der Waals surface area contributed by atoms with Gasteiger partial charge in [0, 0.05) is 12.1 Å². The van der Waals surface area contributed by atoms with Gasteiger partial charge in [-0.25, -0.2) is 4.79 Å². The van der Waals surface area contributed by atoms with Crippen molar-refractivity contribution in [2.75, 3.05) is 20.1 Å². The molecule has 0 aliphatic heterocycles. The van der Waals surface area contributed by atoms with Crippen molar-refractivity contribution in [1.29, 1.82) is 0 Å². The van der Waals surface area contributed by atoms with Gasteiger partial charge in [-0.2, -0.15) is 0 Å². The van der Waals surface area contributed by atoms with Gasteiger partial charge in [0.15, 0.2) is 0 Å². The Morgan fingerprint density at radius 1 is 1.35 bits per heavy atom. The van der Waals surface area contributed by atoms with Gasteiger partial charge in [-0.1, -0.05) is 24.8 Å². The van der Waals surface area contributed by atoms with Gasteiger partial charge in [0.05, 0.1) is 0 Å². The van der Waals surface area contributed by atoms with Crippen molar-refractivity contribution in [3.8, 4) is 0 Å². The van der Waals surface area contributed by atoms with E-state index in [1.54, 1.807) is 0 Å². The summed E-state index contributed by atoms with van der Waals surface area (Å²) in [5, 5.41) is 8.66. The fourth-order valence-electron chi connectivity index (χ4n) is 1.33. The van der Waals surface area contributed by atoms with Gasteiger partial charge in [-0.15, -0.1) is 6.58 Å². The van der Waals surface area contributed by atoms with E-state index in [1.165, 1.54) is 0 Å². The van der Waals surface area contributed by atoms with Crippen LogP contribution in [0.5, 0.6) is 0 Å². The summed E-state index contributed by atoms with van der Waals surface area (Å²) >= 11 is 0. The fraction of sp³-hybridized carbons (Fsp3) is 0.500.